The van der Waals surface area contributed by atoms with E-state index in [-0.39, 0.29) is 12.7 Å². The monoisotopic (exact) mass is 237 g/mol. The number of hydrogen-bond acceptors (Lipinski definition) is 4. The zero-order chi connectivity index (χ0) is 11.9. The highest BCUT2D eigenvalue weighted by Crippen LogP contribution is 2.04. The molecule has 4 heteroatoms. The highest BCUT2D eigenvalue weighted by atomic mass is 16.6. The maximum atomic E-state index is 8.93. The van der Waals surface area contributed by atoms with Crippen LogP contribution in [0.3, 0.4) is 0 Å². The molecule has 0 amide bonds. The van der Waals surface area contributed by atoms with Crippen molar-refractivity contribution < 1.29 is 14.6 Å². The minimum absolute atomic E-state index is 0.0982. The van der Waals surface area contributed by atoms with Crippen molar-refractivity contribution in [2.75, 3.05) is 26.4 Å². The minimum atomic E-state index is 0.0982. The van der Waals surface area contributed by atoms with Gasteiger partial charge >= 0.3 is 0 Å². The molecule has 94 valence electrons. The first-order chi connectivity index (χ1) is 8.38. The van der Waals surface area contributed by atoms with Crippen molar-refractivity contribution >= 4 is 0 Å². The van der Waals surface area contributed by atoms with E-state index in [2.05, 4.69) is 5.32 Å². The van der Waals surface area contributed by atoms with Crippen LogP contribution in [0.15, 0.2) is 24.3 Å². The van der Waals surface area contributed by atoms with Gasteiger partial charge in [0.1, 0.15) is 0 Å². The lowest BCUT2D eigenvalue weighted by atomic mass is 10.1. The van der Waals surface area contributed by atoms with E-state index in [1.54, 1.807) is 0 Å². The Kier molecular flexibility index (Phi) is 4.94. The summed E-state index contributed by atoms with van der Waals surface area (Å²) in [5.41, 5.74) is 2.15. The van der Waals surface area contributed by atoms with Crippen LogP contribution in [-0.2, 0) is 22.6 Å². The lowest BCUT2D eigenvalue weighted by Crippen LogP contribution is -2.37. The number of benzene rings is 1. The van der Waals surface area contributed by atoms with E-state index < -0.39 is 0 Å². The molecule has 1 aromatic rings. The summed E-state index contributed by atoms with van der Waals surface area (Å²) >= 11 is 0. The van der Waals surface area contributed by atoms with Gasteiger partial charge in [0.2, 0.25) is 0 Å². The Morgan fingerprint density at radius 2 is 1.94 bits per heavy atom. The smallest absolute Gasteiger partial charge is 0.0933 e. The minimum Gasteiger partial charge on any atom is -0.392 e. The summed E-state index contributed by atoms with van der Waals surface area (Å²) < 4.78 is 10.9. The van der Waals surface area contributed by atoms with Crippen molar-refractivity contribution in [2.45, 2.75) is 19.3 Å². The van der Waals surface area contributed by atoms with Gasteiger partial charge in [-0.15, -0.1) is 0 Å². The molecule has 17 heavy (non-hydrogen) atoms. The Bertz CT molecular complexity index is 320. The molecule has 2 N–H and O–H groups in total. The van der Waals surface area contributed by atoms with Crippen LogP contribution in [0.2, 0.25) is 0 Å². The van der Waals surface area contributed by atoms with Crippen molar-refractivity contribution in [3.63, 3.8) is 0 Å². The fourth-order valence-corrected chi connectivity index (χ4v) is 1.79. The lowest BCUT2D eigenvalue weighted by molar-refractivity contribution is -0.0864. The third-order valence-electron chi connectivity index (χ3n) is 2.79. The maximum Gasteiger partial charge on any atom is 0.0933 e. The molecule has 1 aliphatic rings. The first-order valence-corrected chi connectivity index (χ1v) is 5.97. The first-order valence-electron chi connectivity index (χ1n) is 5.97. The fourth-order valence-electron chi connectivity index (χ4n) is 1.79. The van der Waals surface area contributed by atoms with E-state index in [1.807, 2.05) is 24.3 Å². The van der Waals surface area contributed by atoms with E-state index in [0.29, 0.717) is 19.8 Å². The Balaban J connectivity index is 1.69. The summed E-state index contributed by atoms with van der Waals surface area (Å²) in [6, 6.07) is 7.93. The molecule has 0 saturated carbocycles. The summed E-state index contributed by atoms with van der Waals surface area (Å²) in [6.45, 7) is 3.79. The largest absolute Gasteiger partial charge is 0.392 e. The summed E-state index contributed by atoms with van der Waals surface area (Å²) in [6.07, 6.45) is 0.167. The molecule has 2 rings (SSSR count). The van der Waals surface area contributed by atoms with Crippen LogP contribution in [0.25, 0.3) is 0 Å². The van der Waals surface area contributed by atoms with E-state index in [0.717, 1.165) is 18.7 Å². The molecule has 1 aromatic carbocycles. The summed E-state index contributed by atoms with van der Waals surface area (Å²) in [5.74, 6) is 0. The molecule has 0 aromatic heterocycles. The van der Waals surface area contributed by atoms with Crippen molar-refractivity contribution in [1.82, 2.24) is 5.32 Å². The summed E-state index contributed by atoms with van der Waals surface area (Å²) in [7, 11) is 0. The SMILES string of the molecule is OCc1ccc(CNCC2COCCO2)cc1. The molecule has 1 aliphatic heterocycles. The zero-order valence-corrected chi connectivity index (χ0v) is 9.89. The Labute approximate surface area is 102 Å². The Morgan fingerprint density at radius 1 is 1.18 bits per heavy atom. The number of nitrogens with one attached hydrogen (secondary N) is 1. The van der Waals surface area contributed by atoms with E-state index in [4.69, 9.17) is 14.6 Å². The average Bonchev–Trinajstić information content (AvgIpc) is 2.41. The van der Waals surface area contributed by atoms with Gasteiger partial charge in [-0.05, 0) is 11.1 Å². The molecule has 0 bridgehead atoms. The van der Waals surface area contributed by atoms with E-state index in [1.165, 1.54) is 5.56 Å². The van der Waals surface area contributed by atoms with Gasteiger partial charge in [0.05, 0.1) is 32.5 Å². The van der Waals surface area contributed by atoms with Gasteiger partial charge < -0.3 is 19.9 Å². The van der Waals surface area contributed by atoms with Crippen molar-refractivity contribution in [1.29, 1.82) is 0 Å². The predicted molar refractivity (Wildman–Crippen MR) is 64.6 cm³/mol. The lowest BCUT2D eigenvalue weighted by Gasteiger charge is -2.23. The summed E-state index contributed by atoms with van der Waals surface area (Å²) in [4.78, 5) is 0. The van der Waals surface area contributed by atoms with Crippen LogP contribution in [0.4, 0.5) is 0 Å². The molecule has 1 saturated heterocycles. The molecule has 4 nitrogen and oxygen atoms in total. The highest BCUT2D eigenvalue weighted by Gasteiger charge is 2.13. The van der Waals surface area contributed by atoms with E-state index in [9.17, 15) is 0 Å². The first kappa shape index (κ1) is 12.5. The molecular formula is C13H19NO3. The van der Waals surface area contributed by atoms with E-state index >= 15 is 0 Å². The number of hydrogen-bond donors (Lipinski definition) is 2. The van der Waals surface area contributed by atoms with Crippen LogP contribution in [0, 0.1) is 0 Å². The van der Waals surface area contributed by atoms with Crippen LogP contribution in [-0.4, -0.2) is 37.6 Å². The molecule has 1 unspecified atom stereocenters. The van der Waals surface area contributed by atoms with Crippen LogP contribution < -0.4 is 5.32 Å². The maximum absolute atomic E-state index is 8.93. The second kappa shape index (κ2) is 6.71. The van der Waals surface area contributed by atoms with Gasteiger partial charge in [0.15, 0.2) is 0 Å². The van der Waals surface area contributed by atoms with Gasteiger partial charge in [0.25, 0.3) is 0 Å². The standard InChI is InChI=1S/C13H19NO3/c15-9-12-3-1-11(2-4-12)7-14-8-13-10-16-5-6-17-13/h1-4,13-15H,5-10H2. The molecule has 1 fully saturated rings. The Hall–Kier alpha value is -0.940. The van der Waals surface area contributed by atoms with Crippen molar-refractivity contribution in [3.8, 4) is 0 Å². The van der Waals surface area contributed by atoms with Crippen LogP contribution in [0.1, 0.15) is 11.1 Å². The quantitative estimate of drug-likeness (QED) is 0.791. The molecule has 0 aliphatic carbocycles. The molecule has 1 atom stereocenters. The third-order valence-corrected chi connectivity index (χ3v) is 2.79. The average molecular weight is 237 g/mol. The van der Waals surface area contributed by atoms with Crippen molar-refractivity contribution in [3.05, 3.63) is 35.4 Å². The van der Waals surface area contributed by atoms with Gasteiger partial charge in [-0.25, -0.2) is 0 Å². The third kappa shape index (κ3) is 4.09. The number of rotatable bonds is 5. The topological polar surface area (TPSA) is 50.7 Å². The van der Waals surface area contributed by atoms with Gasteiger partial charge in [-0.2, -0.15) is 0 Å². The number of aliphatic hydroxyl groups is 1. The molecule has 0 radical (unpaired) electrons. The van der Waals surface area contributed by atoms with Gasteiger partial charge in [0, 0.05) is 13.1 Å². The van der Waals surface area contributed by atoms with Crippen LogP contribution in [0.5, 0.6) is 0 Å². The van der Waals surface area contributed by atoms with Gasteiger partial charge in [-0.1, -0.05) is 24.3 Å². The second-order valence-electron chi connectivity index (χ2n) is 4.17. The highest BCUT2D eigenvalue weighted by molar-refractivity contribution is 5.21. The summed E-state index contributed by atoms with van der Waals surface area (Å²) in [5, 5.41) is 12.3. The molecular weight excluding hydrogens is 218 g/mol. The normalized spacial score (nSPS) is 20.4. The van der Waals surface area contributed by atoms with Crippen molar-refractivity contribution in [2.24, 2.45) is 0 Å². The Morgan fingerprint density at radius 3 is 2.59 bits per heavy atom. The van der Waals surface area contributed by atoms with Gasteiger partial charge in [-0.3, -0.25) is 0 Å². The predicted octanol–water partition coefficient (Wildman–Crippen LogP) is 0.684. The molecule has 1 heterocycles. The van der Waals surface area contributed by atoms with Crippen LogP contribution >= 0.6 is 0 Å². The zero-order valence-electron chi connectivity index (χ0n) is 9.89. The number of ether oxygens (including phenoxy) is 2. The number of aliphatic hydroxyl groups excluding tert-OH is 1. The molecule has 0 spiro atoms. The second-order valence-corrected chi connectivity index (χ2v) is 4.17. The fraction of sp³-hybridized carbons (Fsp3) is 0.538.